The van der Waals surface area contributed by atoms with Crippen LogP contribution in [0.1, 0.15) is 5.69 Å². The Kier molecular flexibility index (Phi) is 4.79. The molecule has 5 nitrogen and oxygen atoms in total. The predicted molar refractivity (Wildman–Crippen MR) is 91.9 cm³/mol. The number of hydrogen-bond acceptors (Lipinski definition) is 4. The van der Waals surface area contributed by atoms with Crippen LogP contribution in [0, 0.1) is 12.7 Å². The van der Waals surface area contributed by atoms with E-state index >= 15 is 0 Å². The first-order valence-corrected chi connectivity index (χ1v) is 9.66. The average molecular weight is 365 g/mol. The monoisotopic (exact) mass is 365 g/mol. The van der Waals surface area contributed by atoms with Crippen molar-refractivity contribution in [3.63, 3.8) is 0 Å². The molecule has 1 aromatic carbocycles. The minimum atomic E-state index is -3.87. The van der Waals surface area contributed by atoms with Crippen molar-refractivity contribution in [2.75, 3.05) is 6.54 Å². The highest BCUT2D eigenvalue weighted by atomic mass is 32.2. The Morgan fingerprint density at radius 2 is 2.04 bits per heavy atom. The molecule has 0 amide bonds. The largest absolute Gasteiger partial charge is 0.268 e. The minimum Gasteiger partial charge on any atom is -0.268 e. The van der Waals surface area contributed by atoms with Gasteiger partial charge < -0.3 is 0 Å². The van der Waals surface area contributed by atoms with E-state index in [9.17, 15) is 12.8 Å². The normalized spacial score (nSPS) is 11.8. The zero-order chi connectivity index (χ0) is 17.2. The summed E-state index contributed by atoms with van der Waals surface area (Å²) in [6.45, 7) is 2.41. The van der Waals surface area contributed by atoms with Crippen molar-refractivity contribution in [2.45, 2.75) is 18.4 Å². The topological polar surface area (TPSA) is 64.0 Å². The lowest BCUT2D eigenvalue weighted by Gasteiger charge is -2.08. The van der Waals surface area contributed by atoms with Crippen molar-refractivity contribution < 1.29 is 12.8 Å². The number of hydrogen-bond donors (Lipinski definition) is 1. The van der Waals surface area contributed by atoms with Gasteiger partial charge in [0.15, 0.2) is 0 Å². The van der Waals surface area contributed by atoms with E-state index in [1.165, 1.54) is 18.2 Å². The first kappa shape index (κ1) is 16.8. The summed E-state index contributed by atoms with van der Waals surface area (Å²) in [5, 5.41) is 6.46. The van der Waals surface area contributed by atoms with Crippen LogP contribution in [0.25, 0.3) is 10.6 Å². The summed E-state index contributed by atoms with van der Waals surface area (Å²) < 4.78 is 42.1. The van der Waals surface area contributed by atoms with Crippen LogP contribution in [-0.2, 0) is 16.6 Å². The number of sulfonamides is 1. The Morgan fingerprint density at radius 3 is 2.75 bits per heavy atom. The van der Waals surface area contributed by atoms with Gasteiger partial charge in [-0.1, -0.05) is 18.2 Å². The molecule has 0 aliphatic heterocycles. The van der Waals surface area contributed by atoms with E-state index in [1.54, 1.807) is 16.0 Å². The highest BCUT2D eigenvalue weighted by Gasteiger charge is 2.18. The molecular weight excluding hydrogens is 349 g/mol. The molecule has 3 rings (SSSR count). The summed E-state index contributed by atoms with van der Waals surface area (Å²) in [6, 6.07) is 11.2. The zero-order valence-corrected chi connectivity index (χ0v) is 14.6. The van der Waals surface area contributed by atoms with Crippen LogP contribution in [0.4, 0.5) is 4.39 Å². The van der Waals surface area contributed by atoms with Crippen molar-refractivity contribution in [3.05, 3.63) is 59.4 Å². The fourth-order valence-electron chi connectivity index (χ4n) is 2.31. The molecular formula is C16H16FN3O2S2. The third kappa shape index (κ3) is 3.55. The number of nitrogens with one attached hydrogen (secondary N) is 1. The number of halogens is 1. The van der Waals surface area contributed by atoms with Gasteiger partial charge in [0.25, 0.3) is 0 Å². The van der Waals surface area contributed by atoms with Crippen molar-refractivity contribution >= 4 is 21.4 Å². The molecule has 0 fully saturated rings. The Bertz CT molecular complexity index is 934. The molecule has 0 unspecified atom stereocenters. The molecule has 0 saturated carbocycles. The van der Waals surface area contributed by atoms with Gasteiger partial charge in [-0.2, -0.15) is 5.10 Å². The number of aryl methyl sites for hydroxylation is 1. The first-order valence-electron chi connectivity index (χ1n) is 7.30. The van der Waals surface area contributed by atoms with Crippen LogP contribution in [0.15, 0.2) is 52.7 Å². The van der Waals surface area contributed by atoms with Gasteiger partial charge >= 0.3 is 0 Å². The lowest BCUT2D eigenvalue weighted by Crippen LogP contribution is -2.28. The molecule has 3 aromatic rings. The van der Waals surface area contributed by atoms with Gasteiger partial charge in [0.2, 0.25) is 10.0 Å². The fourth-order valence-corrected chi connectivity index (χ4v) is 4.09. The summed E-state index contributed by atoms with van der Waals surface area (Å²) in [6.07, 6.45) is 0. The van der Waals surface area contributed by atoms with Gasteiger partial charge in [-0.05, 0) is 36.6 Å². The third-order valence-electron chi connectivity index (χ3n) is 3.50. The molecule has 8 heteroatoms. The molecule has 0 radical (unpaired) electrons. The van der Waals surface area contributed by atoms with Gasteiger partial charge in [0, 0.05) is 12.2 Å². The van der Waals surface area contributed by atoms with Gasteiger partial charge in [-0.15, -0.1) is 11.3 Å². The van der Waals surface area contributed by atoms with Crippen LogP contribution in [0.3, 0.4) is 0 Å². The van der Waals surface area contributed by atoms with Gasteiger partial charge in [0.1, 0.15) is 16.4 Å². The summed E-state index contributed by atoms with van der Waals surface area (Å²) in [5.74, 6) is -0.764. The van der Waals surface area contributed by atoms with E-state index < -0.39 is 15.8 Å². The van der Waals surface area contributed by atoms with Gasteiger partial charge in [-0.3, -0.25) is 4.68 Å². The average Bonchev–Trinajstić information content (AvgIpc) is 3.18. The van der Waals surface area contributed by atoms with Crippen molar-refractivity contribution in [2.24, 2.45) is 0 Å². The Balaban J connectivity index is 1.68. The van der Waals surface area contributed by atoms with Crippen molar-refractivity contribution in [1.82, 2.24) is 14.5 Å². The third-order valence-corrected chi connectivity index (χ3v) is 5.88. The van der Waals surface area contributed by atoms with Crippen LogP contribution in [0.2, 0.25) is 0 Å². The Hall–Kier alpha value is -2.03. The van der Waals surface area contributed by atoms with Gasteiger partial charge in [-0.25, -0.2) is 17.5 Å². The van der Waals surface area contributed by atoms with E-state index in [-0.39, 0.29) is 11.4 Å². The van der Waals surface area contributed by atoms with Crippen molar-refractivity contribution in [3.8, 4) is 10.6 Å². The SMILES string of the molecule is Cc1cc(-c2cccs2)nn1CCNS(=O)(=O)c1ccccc1F. The van der Waals surface area contributed by atoms with E-state index in [2.05, 4.69) is 9.82 Å². The molecule has 2 heterocycles. The quantitative estimate of drug-likeness (QED) is 0.730. The van der Waals surface area contributed by atoms with E-state index in [1.807, 2.05) is 30.5 Å². The van der Waals surface area contributed by atoms with Crippen LogP contribution < -0.4 is 4.72 Å². The lowest BCUT2D eigenvalue weighted by molar-refractivity contribution is 0.542. The molecule has 0 aliphatic carbocycles. The van der Waals surface area contributed by atoms with E-state index in [4.69, 9.17) is 0 Å². The zero-order valence-electron chi connectivity index (χ0n) is 12.9. The van der Waals surface area contributed by atoms with E-state index in [0.717, 1.165) is 22.3 Å². The number of thiophene rings is 1. The van der Waals surface area contributed by atoms with Crippen LogP contribution >= 0.6 is 11.3 Å². The molecule has 1 N–H and O–H groups in total. The molecule has 0 saturated heterocycles. The standard InChI is InChI=1S/C16H16FN3O2S2/c1-12-11-14(15-6-4-10-23-15)19-20(12)9-8-18-24(21,22)16-7-3-2-5-13(16)17/h2-7,10-11,18H,8-9H2,1H3. The summed E-state index contributed by atoms with van der Waals surface area (Å²) >= 11 is 1.60. The second kappa shape index (κ2) is 6.84. The smallest absolute Gasteiger partial charge is 0.243 e. The molecule has 0 bridgehead atoms. The van der Waals surface area contributed by atoms with Crippen molar-refractivity contribution in [1.29, 1.82) is 0 Å². The summed E-state index contributed by atoms with van der Waals surface area (Å²) in [7, 11) is -3.87. The second-order valence-corrected chi connectivity index (χ2v) is 7.88. The highest BCUT2D eigenvalue weighted by molar-refractivity contribution is 7.89. The highest BCUT2D eigenvalue weighted by Crippen LogP contribution is 2.23. The number of benzene rings is 1. The predicted octanol–water partition coefficient (Wildman–Crippen LogP) is 3.04. The lowest BCUT2D eigenvalue weighted by atomic mass is 10.3. The molecule has 0 spiro atoms. The molecule has 126 valence electrons. The number of nitrogens with zero attached hydrogens (tertiary/aromatic N) is 2. The minimum absolute atomic E-state index is 0.128. The van der Waals surface area contributed by atoms with Gasteiger partial charge in [0.05, 0.1) is 11.4 Å². The number of rotatable bonds is 6. The molecule has 0 atom stereocenters. The molecule has 0 aliphatic rings. The summed E-state index contributed by atoms with van der Waals surface area (Å²) in [4.78, 5) is 0.713. The first-order chi connectivity index (χ1) is 11.5. The number of aromatic nitrogens is 2. The summed E-state index contributed by atoms with van der Waals surface area (Å²) in [5.41, 5.74) is 1.79. The van der Waals surface area contributed by atoms with Crippen LogP contribution in [-0.4, -0.2) is 24.7 Å². The maximum Gasteiger partial charge on any atom is 0.243 e. The molecule has 2 aromatic heterocycles. The maximum atomic E-state index is 13.6. The van der Waals surface area contributed by atoms with E-state index in [0.29, 0.717) is 6.54 Å². The molecule has 24 heavy (non-hydrogen) atoms. The maximum absolute atomic E-state index is 13.6. The second-order valence-electron chi connectivity index (χ2n) is 5.20. The fraction of sp³-hybridized carbons (Fsp3) is 0.188. The Morgan fingerprint density at radius 1 is 1.25 bits per heavy atom. The van der Waals surface area contributed by atoms with Crippen LogP contribution in [0.5, 0.6) is 0 Å². The Labute approximate surface area is 143 Å².